The van der Waals surface area contributed by atoms with Crippen molar-refractivity contribution >= 4 is 5.97 Å². The van der Waals surface area contributed by atoms with Crippen LogP contribution < -0.4 is 5.73 Å². The quantitative estimate of drug-likeness (QED) is 0.546. The SMILES string of the molecule is N#C[C@H](N)CCC(=O)O. The van der Waals surface area contributed by atoms with E-state index in [1.54, 1.807) is 6.07 Å². The highest BCUT2D eigenvalue weighted by atomic mass is 16.4. The van der Waals surface area contributed by atoms with Crippen molar-refractivity contribution < 1.29 is 9.90 Å². The molecule has 0 aromatic carbocycles. The van der Waals surface area contributed by atoms with Crippen molar-refractivity contribution in [1.29, 1.82) is 5.26 Å². The third-order valence-corrected chi connectivity index (χ3v) is 0.835. The zero-order chi connectivity index (χ0) is 7.28. The van der Waals surface area contributed by atoms with E-state index >= 15 is 0 Å². The molecule has 4 nitrogen and oxygen atoms in total. The summed E-state index contributed by atoms with van der Waals surface area (Å²) in [6, 6.07) is 1.10. The topological polar surface area (TPSA) is 87.1 Å². The summed E-state index contributed by atoms with van der Waals surface area (Å²) in [6.07, 6.45) is 0.195. The van der Waals surface area contributed by atoms with Crippen molar-refractivity contribution in [3.8, 4) is 6.07 Å². The van der Waals surface area contributed by atoms with E-state index in [0.717, 1.165) is 0 Å². The molecule has 0 bridgehead atoms. The normalized spacial score (nSPS) is 12.0. The smallest absolute Gasteiger partial charge is 0.303 e. The van der Waals surface area contributed by atoms with Crippen molar-refractivity contribution in [2.75, 3.05) is 0 Å². The Bertz CT molecular complexity index is 138. The van der Waals surface area contributed by atoms with Crippen LogP contribution in [0.3, 0.4) is 0 Å². The summed E-state index contributed by atoms with van der Waals surface area (Å²) in [7, 11) is 0. The summed E-state index contributed by atoms with van der Waals surface area (Å²) in [5, 5.41) is 16.2. The van der Waals surface area contributed by atoms with Gasteiger partial charge in [0.25, 0.3) is 0 Å². The molecule has 0 amide bonds. The van der Waals surface area contributed by atoms with Gasteiger partial charge in [-0.15, -0.1) is 0 Å². The molecule has 1 atom stereocenters. The first kappa shape index (κ1) is 7.92. The Kier molecular flexibility index (Phi) is 3.40. The number of nitrogens with two attached hydrogens (primary N) is 1. The molecule has 0 saturated carbocycles. The van der Waals surface area contributed by atoms with E-state index in [4.69, 9.17) is 16.1 Å². The number of nitriles is 1. The van der Waals surface area contributed by atoms with Crippen LogP contribution in [0.25, 0.3) is 0 Å². The number of rotatable bonds is 3. The number of carboxylic acid groups (broad SMARTS) is 1. The summed E-state index contributed by atoms with van der Waals surface area (Å²) in [5.41, 5.74) is 5.10. The lowest BCUT2D eigenvalue weighted by Gasteiger charge is -1.95. The monoisotopic (exact) mass is 128 g/mol. The predicted molar refractivity (Wildman–Crippen MR) is 30.5 cm³/mol. The minimum Gasteiger partial charge on any atom is -0.481 e. The Labute approximate surface area is 52.9 Å². The molecular formula is C5H8N2O2. The zero-order valence-electron chi connectivity index (χ0n) is 4.87. The maximum Gasteiger partial charge on any atom is 0.303 e. The number of carbonyl (C=O) groups is 1. The number of aliphatic carboxylic acids is 1. The molecule has 0 heterocycles. The second-order valence-electron chi connectivity index (χ2n) is 1.67. The van der Waals surface area contributed by atoms with Crippen LogP contribution in [0, 0.1) is 11.3 Å². The van der Waals surface area contributed by atoms with E-state index in [9.17, 15) is 4.79 Å². The van der Waals surface area contributed by atoms with Crippen molar-refractivity contribution in [2.24, 2.45) is 5.73 Å². The van der Waals surface area contributed by atoms with E-state index < -0.39 is 12.0 Å². The van der Waals surface area contributed by atoms with Crippen molar-refractivity contribution in [1.82, 2.24) is 0 Å². The second-order valence-corrected chi connectivity index (χ2v) is 1.67. The summed E-state index contributed by atoms with van der Waals surface area (Å²) in [4.78, 5) is 9.85. The lowest BCUT2D eigenvalue weighted by molar-refractivity contribution is -0.137. The Morgan fingerprint density at radius 3 is 2.78 bits per heavy atom. The maximum atomic E-state index is 9.85. The van der Waals surface area contributed by atoms with Crippen LogP contribution in [0.5, 0.6) is 0 Å². The van der Waals surface area contributed by atoms with Gasteiger partial charge in [0.05, 0.1) is 12.1 Å². The first-order valence-corrected chi connectivity index (χ1v) is 2.54. The zero-order valence-corrected chi connectivity index (χ0v) is 4.87. The minimum absolute atomic E-state index is 0.0330. The molecule has 9 heavy (non-hydrogen) atoms. The molecule has 0 unspecified atom stereocenters. The predicted octanol–water partition coefficient (Wildman–Crippen LogP) is -0.298. The second kappa shape index (κ2) is 3.87. The van der Waals surface area contributed by atoms with Gasteiger partial charge >= 0.3 is 5.97 Å². The van der Waals surface area contributed by atoms with Gasteiger partial charge < -0.3 is 10.8 Å². The minimum atomic E-state index is -0.916. The first-order valence-electron chi connectivity index (χ1n) is 2.54. The van der Waals surface area contributed by atoms with E-state index in [2.05, 4.69) is 0 Å². The number of nitrogens with zero attached hydrogens (tertiary/aromatic N) is 1. The highest BCUT2D eigenvalue weighted by Crippen LogP contribution is 1.91. The number of hydrogen-bond donors (Lipinski definition) is 2. The van der Waals surface area contributed by atoms with E-state index in [-0.39, 0.29) is 12.8 Å². The lowest BCUT2D eigenvalue weighted by Crippen LogP contribution is -2.18. The van der Waals surface area contributed by atoms with Crippen LogP contribution in [-0.4, -0.2) is 17.1 Å². The summed E-state index contributed by atoms with van der Waals surface area (Å²) in [6.45, 7) is 0. The highest BCUT2D eigenvalue weighted by molar-refractivity contribution is 5.66. The van der Waals surface area contributed by atoms with Crippen molar-refractivity contribution in [3.05, 3.63) is 0 Å². The summed E-state index contributed by atoms with van der Waals surface area (Å²) >= 11 is 0. The Balaban J connectivity index is 3.30. The van der Waals surface area contributed by atoms with Gasteiger partial charge in [-0.1, -0.05) is 0 Å². The fraction of sp³-hybridized carbons (Fsp3) is 0.600. The van der Waals surface area contributed by atoms with E-state index in [1.807, 2.05) is 0 Å². The van der Waals surface area contributed by atoms with Crippen LogP contribution in [-0.2, 0) is 4.79 Å². The Morgan fingerprint density at radius 1 is 1.89 bits per heavy atom. The van der Waals surface area contributed by atoms with Crippen LogP contribution in [0.4, 0.5) is 0 Å². The first-order chi connectivity index (χ1) is 4.16. The van der Waals surface area contributed by atoms with Gasteiger partial charge in [-0.25, -0.2) is 0 Å². The van der Waals surface area contributed by atoms with Crippen LogP contribution >= 0.6 is 0 Å². The van der Waals surface area contributed by atoms with Gasteiger partial charge in [-0.05, 0) is 6.42 Å². The number of hydrogen-bond acceptors (Lipinski definition) is 3. The fourth-order valence-corrected chi connectivity index (χ4v) is 0.344. The largest absolute Gasteiger partial charge is 0.481 e. The number of carboxylic acids is 1. The maximum absolute atomic E-state index is 9.85. The van der Waals surface area contributed by atoms with Crippen LogP contribution in [0.2, 0.25) is 0 Å². The van der Waals surface area contributed by atoms with Crippen molar-refractivity contribution in [3.63, 3.8) is 0 Å². The molecule has 0 rings (SSSR count). The molecule has 0 spiro atoms. The summed E-state index contributed by atoms with van der Waals surface area (Å²) < 4.78 is 0. The standard InChI is InChI=1S/C5H8N2O2/c6-3-4(7)1-2-5(8)9/h4H,1-2,7H2,(H,8,9)/t4-/m1/s1. The Morgan fingerprint density at radius 2 is 2.44 bits per heavy atom. The molecule has 0 aromatic rings. The van der Waals surface area contributed by atoms with E-state index in [1.165, 1.54) is 0 Å². The fourth-order valence-electron chi connectivity index (χ4n) is 0.344. The molecule has 0 aliphatic heterocycles. The van der Waals surface area contributed by atoms with E-state index in [0.29, 0.717) is 0 Å². The average molecular weight is 128 g/mol. The molecule has 0 radical (unpaired) electrons. The van der Waals surface area contributed by atoms with Crippen LogP contribution in [0.15, 0.2) is 0 Å². The molecule has 0 saturated heterocycles. The Hall–Kier alpha value is -1.08. The molecule has 0 fully saturated rings. The highest BCUT2D eigenvalue weighted by Gasteiger charge is 2.02. The van der Waals surface area contributed by atoms with Gasteiger partial charge in [-0.3, -0.25) is 4.79 Å². The van der Waals surface area contributed by atoms with Gasteiger partial charge in [-0.2, -0.15) is 5.26 Å². The van der Waals surface area contributed by atoms with Gasteiger partial charge in [0.15, 0.2) is 0 Å². The van der Waals surface area contributed by atoms with Gasteiger partial charge in [0, 0.05) is 6.42 Å². The molecular weight excluding hydrogens is 120 g/mol. The average Bonchev–Trinajstić information content (AvgIpc) is 1.83. The van der Waals surface area contributed by atoms with Gasteiger partial charge in [0.2, 0.25) is 0 Å². The molecule has 50 valence electrons. The van der Waals surface area contributed by atoms with Crippen LogP contribution in [0.1, 0.15) is 12.8 Å². The summed E-state index contributed by atoms with van der Waals surface area (Å²) in [5.74, 6) is -0.916. The lowest BCUT2D eigenvalue weighted by atomic mass is 10.2. The van der Waals surface area contributed by atoms with Crippen molar-refractivity contribution in [2.45, 2.75) is 18.9 Å². The molecule has 3 N–H and O–H groups in total. The van der Waals surface area contributed by atoms with Gasteiger partial charge in [0.1, 0.15) is 0 Å². The molecule has 0 aromatic heterocycles. The third-order valence-electron chi connectivity index (χ3n) is 0.835. The molecule has 0 aliphatic rings. The molecule has 4 heteroatoms. The molecule has 0 aliphatic carbocycles. The third kappa shape index (κ3) is 4.78.